The van der Waals surface area contributed by atoms with Crippen molar-refractivity contribution in [3.63, 3.8) is 0 Å². The maximum Gasteiger partial charge on any atom is 0.251 e. The summed E-state index contributed by atoms with van der Waals surface area (Å²) >= 11 is 0. The number of nitrogens with one attached hydrogen (secondary N) is 3. The lowest BCUT2D eigenvalue weighted by molar-refractivity contribution is 0.0953. The molecular weight excluding hydrogens is 431 g/mol. The van der Waals surface area contributed by atoms with Crippen molar-refractivity contribution in [2.75, 3.05) is 26.2 Å². The first-order chi connectivity index (χ1) is 11.5. The number of aliphatic imine (C=N–C) groups is 1. The van der Waals surface area contributed by atoms with Gasteiger partial charge >= 0.3 is 0 Å². The molecule has 0 aliphatic rings. The van der Waals surface area contributed by atoms with E-state index >= 15 is 0 Å². The first kappa shape index (κ1) is 23.5. The third kappa shape index (κ3) is 10.9. The van der Waals surface area contributed by atoms with E-state index in [1.54, 1.807) is 18.2 Å². The number of rotatable bonds is 9. The van der Waals surface area contributed by atoms with Gasteiger partial charge in [0.1, 0.15) is 5.75 Å². The smallest absolute Gasteiger partial charge is 0.251 e. The number of halogens is 1. The highest BCUT2D eigenvalue weighted by Crippen LogP contribution is 2.10. The van der Waals surface area contributed by atoms with E-state index in [1.165, 1.54) is 6.07 Å². The van der Waals surface area contributed by atoms with Crippen LogP contribution >= 0.6 is 24.0 Å². The van der Waals surface area contributed by atoms with Crippen molar-refractivity contribution in [3.05, 3.63) is 29.8 Å². The number of carbonyl (C=O) groups excluding carboxylic acids is 1. The number of guanidine groups is 1. The second-order valence-corrected chi connectivity index (χ2v) is 6.03. The van der Waals surface area contributed by atoms with Crippen molar-refractivity contribution in [2.24, 2.45) is 10.9 Å². The number of benzene rings is 1. The number of carbonyl (C=O) groups is 1. The molecule has 1 aromatic rings. The molecular formula is C18H31IN4O2. The molecule has 0 saturated heterocycles. The maximum atomic E-state index is 11.9. The van der Waals surface area contributed by atoms with Crippen LogP contribution in [0, 0.1) is 5.92 Å². The number of phenols is 1. The number of phenolic OH excluding ortho intramolecular Hbond substituents is 1. The van der Waals surface area contributed by atoms with Crippen LogP contribution in [0.4, 0.5) is 0 Å². The molecule has 1 rings (SSSR count). The molecule has 6 nitrogen and oxygen atoms in total. The van der Waals surface area contributed by atoms with E-state index in [0.29, 0.717) is 24.6 Å². The van der Waals surface area contributed by atoms with E-state index in [-0.39, 0.29) is 35.6 Å². The van der Waals surface area contributed by atoms with Gasteiger partial charge in [0.05, 0.1) is 0 Å². The molecule has 0 saturated carbocycles. The van der Waals surface area contributed by atoms with Gasteiger partial charge in [-0.15, -0.1) is 24.0 Å². The van der Waals surface area contributed by atoms with E-state index in [0.717, 1.165) is 31.9 Å². The summed E-state index contributed by atoms with van der Waals surface area (Å²) in [7, 11) is 0. The third-order valence-electron chi connectivity index (χ3n) is 3.36. The summed E-state index contributed by atoms with van der Waals surface area (Å²) in [6.45, 7) is 9.33. The summed E-state index contributed by atoms with van der Waals surface area (Å²) in [6.07, 6.45) is 1.86. The summed E-state index contributed by atoms with van der Waals surface area (Å²) in [4.78, 5) is 16.4. The lowest BCUT2D eigenvalue weighted by Crippen LogP contribution is -2.38. The lowest BCUT2D eigenvalue weighted by atomic mass is 10.1. The molecule has 0 aromatic heterocycles. The van der Waals surface area contributed by atoms with Crippen LogP contribution in [0.2, 0.25) is 0 Å². The molecule has 7 heteroatoms. The molecule has 0 heterocycles. The lowest BCUT2D eigenvalue weighted by Gasteiger charge is -2.12. The first-order valence-corrected chi connectivity index (χ1v) is 8.62. The molecule has 25 heavy (non-hydrogen) atoms. The predicted molar refractivity (Wildman–Crippen MR) is 114 cm³/mol. The molecule has 1 amide bonds. The molecule has 4 N–H and O–H groups in total. The second kappa shape index (κ2) is 13.7. The van der Waals surface area contributed by atoms with Gasteiger partial charge < -0.3 is 21.1 Å². The Morgan fingerprint density at radius 3 is 2.60 bits per heavy atom. The largest absolute Gasteiger partial charge is 0.508 e. The van der Waals surface area contributed by atoms with Crippen LogP contribution in [0.5, 0.6) is 5.75 Å². The Bertz CT molecular complexity index is 536. The Kier molecular flexibility index (Phi) is 12.9. The highest BCUT2D eigenvalue weighted by atomic mass is 127. The monoisotopic (exact) mass is 462 g/mol. The van der Waals surface area contributed by atoms with Gasteiger partial charge in [-0.2, -0.15) is 0 Å². The topological polar surface area (TPSA) is 85.8 Å². The van der Waals surface area contributed by atoms with Gasteiger partial charge in [0, 0.05) is 31.7 Å². The van der Waals surface area contributed by atoms with Crippen LogP contribution in [-0.2, 0) is 0 Å². The zero-order valence-electron chi connectivity index (χ0n) is 15.3. The Hall–Kier alpha value is -1.51. The minimum absolute atomic E-state index is 0. The SMILES string of the molecule is CCNC(=NCCCNC(=O)c1cccc(O)c1)NCCC(C)C.I. The van der Waals surface area contributed by atoms with Gasteiger partial charge in [0.15, 0.2) is 5.96 Å². The van der Waals surface area contributed by atoms with E-state index in [1.807, 2.05) is 6.92 Å². The normalized spacial score (nSPS) is 11.0. The molecule has 0 unspecified atom stereocenters. The van der Waals surface area contributed by atoms with Crippen LogP contribution in [0.3, 0.4) is 0 Å². The van der Waals surface area contributed by atoms with E-state index in [9.17, 15) is 9.90 Å². The number of amides is 1. The number of hydrogen-bond acceptors (Lipinski definition) is 3. The minimum Gasteiger partial charge on any atom is -0.508 e. The Labute approximate surface area is 167 Å². The highest BCUT2D eigenvalue weighted by Gasteiger charge is 2.05. The highest BCUT2D eigenvalue weighted by molar-refractivity contribution is 14.0. The fourth-order valence-corrected chi connectivity index (χ4v) is 2.04. The van der Waals surface area contributed by atoms with Crippen LogP contribution in [0.25, 0.3) is 0 Å². The van der Waals surface area contributed by atoms with Gasteiger partial charge in [-0.05, 0) is 43.9 Å². The van der Waals surface area contributed by atoms with Gasteiger partial charge in [0.25, 0.3) is 5.91 Å². The van der Waals surface area contributed by atoms with Crippen molar-refractivity contribution < 1.29 is 9.90 Å². The second-order valence-electron chi connectivity index (χ2n) is 6.03. The molecule has 0 bridgehead atoms. The molecule has 0 atom stereocenters. The molecule has 1 aromatic carbocycles. The fourth-order valence-electron chi connectivity index (χ4n) is 2.04. The average molecular weight is 462 g/mol. The predicted octanol–water partition coefficient (Wildman–Crippen LogP) is 2.73. The van der Waals surface area contributed by atoms with Crippen molar-refractivity contribution >= 4 is 35.8 Å². The summed E-state index contributed by atoms with van der Waals surface area (Å²) in [5.74, 6) is 1.39. The standard InChI is InChI=1S/C18H30N4O2.HI/c1-4-19-18(22-12-9-14(2)3)21-11-6-10-20-17(24)15-7-5-8-16(23)13-15;/h5,7-8,13-14,23H,4,6,9-12H2,1-3H3,(H,20,24)(H2,19,21,22);1H. The van der Waals surface area contributed by atoms with Crippen molar-refractivity contribution in [3.8, 4) is 5.75 Å². The summed E-state index contributed by atoms with van der Waals surface area (Å²) in [5.41, 5.74) is 0.460. The van der Waals surface area contributed by atoms with E-state index < -0.39 is 0 Å². The van der Waals surface area contributed by atoms with Crippen molar-refractivity contribution in [1.82, 2.24) is 16.0 Å². The van der Waals surface area contributed by atoms with E-state index in [2.05, 4.69) is 34.8 Å². The van der Waals surface area contributed by atoms with E-state index in [4.69, 9.17) is 0 Å². The van der Waals surface area contributed by atoms with Crippen LogP contribution < -0.4 is 16.0 Å². The summed E-state index contributed by atoms with van der Waals surface area (Å²) in [5, 5.41) is 18.7. The molecule has 0 aliphatic carbocycles. The first-order valence-electron chi connectivity index (χ1n) is 8.62. The molecule has 142 valence electrons. The van der Waals surface area contributed by atoms with Crippen LogP contribution in [-0.4, -0.2) is 43.2 Å². The molecule has 0 aliphatic heterocycles. The summed E-state index contributed by atoms with van der Waals surface area (Å²) < 4.78 is 0. The van der Waals surface area contributed by atoms with Crippen LogP contribution in [0.1, 0.15) is 44.0 Å². The van der Waals surface area contributed by atoms with Crippen molar-refractivity contribution in [1.29, 1.82) is 0 Å². The number of aromatic hydroxyl groups is 1. The Balaban J connectivity index is 0.00000576. The number of nitrogens with zero attached hydrogens (tertiary/aromatic N) is 1. The van der Waals surface area contributed by atoms with Gasteiger partial charge in [-0.3, -0.25) is 9.79 Å². The average Bonchev–Trinajstić information content (AvgIpc) is 2.54. The summed E-state index contributed by atoms with van der Waals surface area (Å²) in [6, 6.07) is 6.32. The zero-order valence-corrected chi connectivity index (χ0v) is 17.7. The van der Waals surface area contributed by atoms with Gasteiger partial charge in [-0.1, -0.05) is 19.9 Å². The van der Waals surface area contributed by atoms with Gasteiger partial charge in [-0.25, -0.2) is 0 Å². The number of hydrogen-bond donors (Lipinski definition) is 4. The third-order valence-corrected chi connectivity index (χ3v) is 3.36. The minimum atomic E-state index is -0.183. The molecule has 0 spiro atoms. The molecule has 0 fully saturated rings. The van der Waals surface area contributed by atoms with Crippen molar-refractivity contribution in [2.45, 2.75) is 33.6 Å². The maximum absolute atomic E-state index is 11.9. The quantitative estimate of drug-likeness (QED) is 0.197. The Morgan fingerprint density at radius 2 is 1.96 bits per heavy atom. The molecule has 0 radical (unpaired) electrons. The van der Waals surface area contributed by atoms with Gasteiger partial charge in [0.2, 0.25) is 0 Å². The zero-order chi connectivity index (χ0) is 17.8. The fraction of sp³-hybridized carbons (Fsp3) is 0.556. The van der Waals surface area contributed by atoms with Crippen LogP contribution in [0.15, 0.2) is 29.3 Å². The Morgan fingerprint density at radius 1 is 1.20 bits per heavy atom.